The van der Waals surface area contributed by atoms with Gasteiger partial charge < -0.3 is 18.9 Å². The first-order valence-corrected chi connectivity index (χ1v) is 13.4. The Balaban J connectivity index is 1.28. The molecule has 0 bridgehead atoms. The Kier molecular flexibility index (Phi) is 7.74. The van der Waals surface area contributed by atoms with Crippen LogP contribution in [-0.2, 0) is 16.0 Å². The zero-order valence-corrected chi connectivity index (χ0v) is 21.7. The number of nitriles is 1. The molecule has 1 saturated heterocycles. The number of ether oxygens (including phenoxy) is 2. The first-order chi connectivity index (χ1) is 18.0. The number of aromatic nitrogens is 2. The lowest BCUT2D eigenvalue weighted by atomic mass is 10.0. The first-order valence-electron chi connectivity index (χ1n) is 12.4. The third-order valence-electron chi connectivity index (χ3n) is 6.43. The minimum absolute atomic E-state index is 0.0323. The second-order valence-electron chi connectivity index (χ2n) is 9.28. The van der Waals surface area contributed by atoms with Crippen LogP contribution >= 0.6 is 11.9 Å². The van der Waals surface area contributed by atoms with Gasteiger partial charge in [-0.2, -0.15) is 10.2 Å². The van der Waals surface area contributed by atoms with Crippen LogP contribution in [0.4, 0.5) is 0 Å². The van der Waals surface area contributed by atoms with E-state index >= 15 is 0 Å². The van der Waals surface area contributed by atoms with Crippen LogP contribution in [0.1, 0.15) is 43.0 Å². The first kappa shape index (κ1) is 25.3. The van der Waals surface area contributed by atoms with Crippen molar-refractivity contribution >= 4 is 17.9 Å². The van der Waals surface area contributed by atoms with E-state index in [2.05, 4.69) is 27.0 Å². The van der Waals surface area contributed by atoms with Crippen molar-refractivity contribution < 1.29 is 18.8 Å². The Morgan fingerprint density at radius 3 is 2.92 bits per heavy atom. The molecule has 2 aromatic carbocycles. The summed E-state index contributed by atoms with van der Waals surface area (Å²) in [5.41, 5.74) is 4.40. The van der Waals surface area contributed by atoms with E-state index in [0.29, 0.717) is 60.6 Å². The number of carbonyl (C=O) groups excluding carboxylic acids is 1. The monoisotopic (exact) mass is 519 g/mol. The minimum Gasteiger partial charge on any atom is -0.490 e. The highest BCUT2D eigenvalue weighted by Gasteiger charge is 2.27. The van der Waals surface area contributed by atoms with E-state index in [1.807, 2.05) is 36.9 Å². The fraction of sp³-hybridized carbons (Fsp3) is 0.407. The van der Waals surface area contributed by atoms with Gasteiger partial charge in [0.15, 0.2) is 0 Å². The van der Waals surface area contributed by atoms with Crippen LogP contribution in [0.25, 0.3) is 22.8 Å². The Hall–Kier alpha value is -3.39. The summed E-state index contributed by atoms with van der Waals surface area (Å²) in [6.07, 6.45) is 1.78. The molecule has 10 heteroatoms. The van der Waals surface area contributed by atoms with E-state index in [1.165, 1.54) is 23.1 Å². The fourth-order valence-corrected chi connectivity index (χ4v) is 5.49. The van der Waals surface area contributed by atoms with Crippen LogP contribution in [0.3, 0.4) is 0 Å². The summed E-state index contributed by atoms with van der Waals surface area (Å²) in [5.74, 6) is 1.93. The van der Waals surface area contributed by atoms with Gasteiger partial charge in [-0.15, -0.1) is 0 Å². The molecule has 0 radical (unpaired) electrons. The standard InChI is InChI=1S/C27H29N5O4S/c1-17(2)35-24-9-6-18(14-19(24)15-28)27-29-26(30-36-27)22-5-3-4-21-20(22)7-8-23(21)31-37-16-25(33)32-10-12-34-13-11-32/h3-6,9,14,17,23,31H,7-8,10-13,16H2,1-2H3/t23-/m1/s1. The summed E-state index contributed by atoms with van der Waals surface area (Å²) in [7, 11) is 0. The topological polar surface area (TPSA) is 114 Å². The van der Waals surface area contributed by atoms with Crippen molar-refractivity contribution in [3.05, 3.63) is 53.1 Å². The molecule has 1 N–H and O–H groups in total. The Labute approximate surface area is 220 Å². The zero-order chi connectivity index (χ0) is 25.8. The number of hydrogen-bond acceptors (Lipinski definition) is 9. The quantitative estimate of drug-likeness (QED) is 0.439. The second kappa shape index (κ2) is 11.3. The van der Waals surface area contributed by atoms with Gasteiger partial charge in [-0.3, -0.25) is 9.52 Å². The maximum absolute atomic E-state index is 12.4. The molecule has 1 aromatic heterocycles. The summed E-state index contributed by atoms with van der Waals surface area (Å²) >= 11 is 1.46. The molecule has 0 unspecified atom stereocenters. The molecule has 1 amide bonds. The van der Waals surface area contributed by atoms with E-state index in [-0.39, 0.29) is 18.1 Å². The van der Waals surface area contributed by atoms with Gasteiger partial charge in [-0.25, -0.2) is 0 Å². The molecule has 3 aromatic rings. The van der Waals surface area contributed by atoms with Crippen LogP contribution in [0.15, 0.2) is 40.9 Å². The largest absolute Gasteiger partial charge is 0.490 e. The molecular weight excluding hydrogens is 490 g/mol. The third-order valence-corrected chi connectivity index (χ3v) is 7.27. The summed E-state index contributed by atoms with van der Waals surface area (Å²) in [6.45, 7) is 6.38. The Morgan fingerprint density at radius 2 is 2.14 bits per heavy atom. The van der Waals surface area contributed by atoms with Gasteiger partial charge in [0.2, 0.25) is 11.7 Å². The summed E-state index contributed by atoms with van der Waals surface area (Å²) < 4.78 is 20.1. The predicted octanol–water partition coefficient (Wildman–Crippen LogP) is 4.15. The highest BCUT2D eigenvalue weighted by molar-refractivity contribution is 7.98. The molecule has 2 heterocycles. The number of fused-ring (bicyclic) bond motifs is 1. The van der Waals surface area contributed by atoms with Gasteiger partial charge in [-0.1, -0.05) is 35.3 Å². The maximum Gasteiger partial charge on any atom is 0.258 e. The van der Waals surface area contributed by atoms with E-state index < -0.39 is 0 Å². The highest BCUT2D eigenvalue weighted by Crippen LogP contribution is 2.38. The van der Waals surface area contributed by atoms with Crippen molar-refractivity contribution in [2.45, 2.75) is 38.8 Å². The van der Waals surface area contributed by atoms with Gasteiger partial charge >= 0.3 is 0 Å². The maximum atomic E-state index is 12.4. The molecule has 2 aliphatic rings. The van der Waals surface area contributed by atoms with Gasteiger partial charge in [0, 0.05) is 30.3 Å². The Bertz CT molecular complexity index is 1310. The van der Waals surface area contributed by atoms with E-state index in [1.54, 1.807) is 12.1 Å². The normalized spacial score (nSPS) is 17.0. The molecule has 1 fully saturated rings. The lowest BCUT2D eigenvalue weighted by Gasteiger charge is -2.26. The summed E-state index contributed by atoms with van der Waals surface area (Å²) in [5, 5.41) is 13.8. The van der Waals surface area contributed by atoms with Crippen LogP contribution in [0, 0.1) is 11.3 Å². The van der Waals surface area contributed by atoms with Gasteiger partial charge in [0.25, 0.3) is 5.89 Å². The zero-order valence-electron chi connectivity index (χ0n) is 20.9. The van der Waals surface area contributed by atoms with Crippen molar-refractivity contribution in [2.24, 2.45) is 0 Å². The van der Waals surface area contributed by atoms with Crippen molar-refractivity contribution in [2.75, 3.05) is 32.1 Å². The highest BCUT2D eigenvalue weighted by atomic mass is 32.2. The van der Waals surface area contributed by atoms with Crippen molar-refractivity contribution in [1.29, 1.82) is 5.26 Å². The van der Waals surface area contributed by atoms with Gasteiger partial charge in [0.1, 0.15) is 11.8 Å². The average molecular weight is 520 g/mol. The Morgan fingerprint density at radius 1 is 1.30 bits per heavy atom. The lowest BCUT2D eigenvalue weighted by molar-refractivity contribution is -0.132. The molecule has 5 rings (SSSR count). The van der Waals surface area contributed by atoms with Crippen molar-refractivity contribution in [3.8, 4) is 34.7 Å². The van der Waals surface area contributed by atoms with Crippen LogP contribution in [-0.4, -0.2) is 59.1 Å². The molecular formula is C27H29N5O4S. The number of amides is 1. The SMILES string of the molecule is CC(C)Oc1ccc(-c2nc(-c3cccc4c3CC[C@H]4NSCC(=O)N3CCOCC3)no2)cc1C#N. The van der Waals surface area contributed by atoms with Gasteiger partial charge in [0.05, 0.1) is 30.6 Å². The van der Waals surface area contributed by atoms with Crippen molar-refractivity contribution in [3.63, 3.8) is 0 Å². The van der Waals surface area contributed by atoms with Gasteiger partial charge in [-0.05, 0) is 56.0 Å². The number of rotatable bonds is 8. The molecule has 0 saturated carbocycles. The van der Waals surface area contributed by atoms with Crippen molar-refractivity contribution in [1.82, 2.24) is 19.8 Å². The minimum atomic E-state index is -0.0323. The molecule has 0 spiro atoms. The summed E-state index contributed by atoms with van der Waals surface area (Å²) in [6, 6.07) is 13.7. The van der Waals surface area contributed by atoms with E-state index in [0.717, 1.165) is 18.4 Å². The smallest absolute Gasteiger partial charge is 0.258 e. The average Bonchev–Trinajstić information content (AvgIpc) is 3.57. The fourth-order valence-electron chi connectivity index (χ4n) is 4.65. The number of hydrogen-bond donors (Lipinski definition) is 1. The second-order valence-corrected chi connectivity index (χ2v) is 10.1. The van der Waals surface area contributed by atoms with Crippen LogP contribution < -0.4 is 9.46 Å². The number of morpholine rings is 1. The number of nitrogens with one attached hydrogen (secondary N) is 1. The van der Waals surface area contributed by atoms with E-state index in [9.17, 15) is 10.1 Å². The summed E-state index contributed by atoms with van der Waals surface area (Å²) in [4.78, 5) is 18.9. The number of nitrogens with zero attached hydrogens (tertiary/aromatic N) is 4. The third kappa shape index (κ3) is 5.64. The molecule has 192 valence electrons. The molecule has 37 heavy (non-hydrogen) atoms. The van der Waals surface area contributed by atoms with E-state index in [4.69, 9.17) is 14.0 Å². The number of carbonyl (C=O) groups is 1. The molecule has 1 aliphatic heterocycles. The molecule has 9 nitrogen and oxygen atoms in total. The number of benzene rings is 2. The predicted molar refractivity (Wildman–Crippen MR) is 140 cm³/mol. The molecule has 1 atom stereocenters. The van der Waals surface area contributed by atoms with Crippen LogP contribution in [0.2, 0.25) is 0 Å². The molecule has 1 aliphatic carbocycles. The lowest BCUT2D eigenvalue weighted by Crippen LogP contribution is -2.41. The van der Waals surface area contributed by atoms with Crippen LogP contribution in [0.5, 0.6) is 5.75 Å².